The number of rotatable bonds is 3. The summed E-state index contributed by atoms with van der Waals surface area (Å²) in [6, 6.07) is 9.69. The number of nitrogens with zero attached hydrogens (tertiary/aromatic N) is 3. The van der Waals surface area contributed by atoms with Gasteiger partial charge in [-0.2, -0.15) is 0 Å². The Balaban J connectivity index is 1.93. The number of phenolic OH excluding ortho intramolecular Hbond substituents is 1. The van der Waals surface area contributed by atoms with Crippen LogP contribution in [-0.2, 0) is 0 Å². The third-order valence-corrected chi connectivity index (χ3v) is 3.80. The number of phenols is 1. The van der Waals surface area contributed by atoms with Crippen LogP contribution in [0.3, 0.4) is 0 Å². The highest BCUT2D eigenvalue weighted by atomic mass is 16.5. The molecule has 0 atom stereocenters. The molecule has 1 aromatic carbocycles. The zero-order valence-electron chi connectivity index (χ0n) is 11.7. The van der Waals surface area contributed by atoms with Crippen molar-refractivity contribution in [3.8, 4) is 22.9 Å². The molecule has 1 saturated carbocycles. The monoisotopic (exact) mass is 281 g/mol. The molecule has 0 spiro atoms. The summed E-state index contributed by atoms with van der Waals surface area (Å²) in [5.74, 6) is 1.44. The van der Waals surface area contributed by atoms with Crippen molar-refractivity contribution in [1.29, 1.82) is 0 Å². The number of imidazole rings is 1. The van der Waals surface area contributed by atoms with Gasteiger partial charge < -0.3 is 14.4 Å². The van der Waals surface area contributed by atoms with Gasteiger partial charge in [-0.25, -0.2) is 9.97 Å². The molecule has 0 radical (unpaired) electrons. The van der Waals surface area contributed by atoms with Crippen molar-refractivity contribution >= 4 is 11.2 Å². The Morgan fingerprint density at radius 3 is 2.86 bits per heavy atom. The van der Waals surface area contributed by atoms with Crippen LogP contribution in [-0.4, -0.2) is 26.8 Å². The van der Waals surface area contributed by atoms with Crippen molar-refractivity contribution in [3.05, 3.63) is 36.5 Å². The fraction of sp³-hybridized carbons (Fsp3) is 0.250. The van der Waals surface area contributed by atoms with Crippen LogP contribution < -0.4 is 4.74 Å². The Hall–Kier alpha value is -2.56. The number of benzene rings is 1. The quantitative estimate of drug-likeness (QED) is 0.801. The highest BCUT2D eigenvalue weighted by Gasteiger charge is 2.29. The summed E-state index contributed by atoms with van der Waals surface area (Å²) < 4.78 is 7.27. The Labute approximate surface area is 121 Å². The summed E-state index contributed by atoms with van der Waals surface area (Å²) >= 11 is 0. The van der Waals surface area contributed by atoms with E-state index in [0.717, 1.165) is 35.4 Å². The summed E-state index contributed by atoms with van der Waals surface area (Å²) in [5.41, 5.74) is 2.67. The first kappa shape index (κ1) is 12.2. The molecule has 1 aliphatic rings. The van der Waals surface area contributed by atoms with Crippen LogP contribution in [0.1, 0.15) is 18.9 Å². The van der Waals surface area contributed by atoms with Crippen LogP contribution in [0.2, 0.25) is 0 Å². The van der Waals surface area contributed by atoms with Gasteiger partial charge in [0.05, 0.1) is 7.11 Å². The minimum Gasteiger partial charge on any atom is -0.504 e. The molecule has 1 aliphatic carbocycles. The molecule has 106 valence electrons. The molecule has 1 fully saturated rings. The molecule has 0 unspecified atom stereocenters. The Morgan fingerprint density at radius 2 is 2.14 bits per heavy atom. The number of pyridine rings is 1. The van der Waals surface area contributed by atoms with Crippen LogP contribution in [0, 0.1) is 0 Å². The average Bonchev–Trinajstić information content (AvgIpc) is 3.27. The summed E-state index contributed by atoms with van der Waals surface area (Å²) in [6.07, 6.45) is 4.09. The van der Waals surface area contributed by atoms with E-state index in [4.69, 9.17) is 4.74 Å². The number of fused-ring (bicyclic) bond motifs is 1. The zero-order chi connectivity index (χ0) is 14.4. The molecule has 0 bridgehead atoms. The fourth-order valence-electron chi connectivity index (χ4n) is 2.64. The number of aromatic hydroxyl groups is 1. The molecule has 0 saturated heterocycles. The van der Waals surface area contributed by atoms with E-state index >= 15 is 0 Å². The first-order valence-electron chi connectivity index (χ1n) is 6.98. The second-order valence-electron chi connectivity index (χ2n) is 5.27. The van der Waals surface area contributed by atoms with Gasteiger partial charge in [0.15, 0.2) is 17.1 Å². The van der Waals surface area contributed by atoms with Crippen LogP contribution in [0.25, 0.3) is 22.6 Å². The maximum atomic E-state index is 9.99. The van der Waals surface area contributed by atoms with E-state index in [-0.39, 0.29) is 5.75 Å². The van der Waals surface area contributed by atoms with Gasteiger partial charge in [0.2, 0.25) is 0 Å². The van der Waals surface area contributed by atoms with Gasteiger partial charge in [0, 0.05) is 17.8 Å². The predicted molar refractivity (Wildman–Crippen MR) is 79.5 cm³/mol. The average molecular weight is 281 g/mol. The number of hydrogen-bond acceptors (Lipinski definition) is 4. The van der Waals surface area contributed by atoms with Gasteiger partial charge >= 0.3 is 0 Å². The second kappa shape index (κ2) is 4.48. The number of hydrogen-bond donors (Lipinski definition) is 1. The molecule has 1 N–H and O–H groups in total. The van der Waals surface area contributed by atoms with E-state index in [9.17, 15) is 5.11 Å². The van der Waals surface area contributed by atoms with E-state index < -0.39 is 0 Å². The SMILES string of the molecule is COc1ccc(-c2nc3cccnc3n2C2CC2)cc1O. The lowest BCUT2D eigenvalue weighted by Crippen LogP contribution is -1.98. The largest absolute Gasteiger partial charge is 0.504 e. The van der Waals surface area contributed by atoms with E-state index in [0.29, 0.717) is 11.8 Å². The maximum Gasteiger partial charge on any atom is 0.160 e. The van der Waals surface area contributed by atoms with Crippen LogP contribution in [0.5, 0.6) is 11.5 Å². The fourth-order valence-corrected chi connectivity index (χ4v) is 2.64. The molecular formula is C16H15N3O2. The lowest BCUT2D eigenvalue weighted by Gasteiger charge is -2.09. The van der Waals surface area contributed by atoms with E-state index in [1.807, 2.05) is 18.2 Å². The number of aromatic nitrogens is 3. The Bertz CT molecular complexity index is 822. The van der Waals surface area contributed by atoms with Crippen molar-refractivity contribution in [2.24, 2.45) is 0 Å². The normalized spacial score (nSPS) is 14.5. The van der Waals surface area contributed by atoms with Gasteiger partial charge in [-0.15, -0.1) is 0 Å². The van der Waals surface area contributed by atoms with Crippen LogP contribution >= 0.6 is 0 Å². The Morgan fingerprint density at radius 1 is 1.29 bits per heavy atom. The molecule has 2 heterocycles. The van der Waals surface area contributed by atoms with E-state index in [1.54, 1.807) is 18.3 Å². The van der Waals surface area contributed by atoms with Gasteiger partial charge in [-0.1, -0.05) is 0 Å². The van der Waals surface area contributed by atoms with Gasteiger partial charge in [-0.3, -0.25) is 0 Å². The van der Waals surface area contributed by atoms with Crippen LogP contribution in [0.15, 0.2) is 36.5 Å². The molecule has 4 rings (SSSR count). The van der Waals surface area contributed by atoms with Crippen molar-refractivity contribution in [3.63, 3.8) is 0 Å². The molecular weight excluding hydrogens is 266 g/mol. The summed E-state index contributed by atoms with van der Waals surface area (Å²) in [6.45, 7) is 0. The summed E-state index contributed by atoms with van der Waals surface area (Å²) in [7, 11) is 1.54. The second-order valence-corrected chi connectivity index (χ2v) is 5.27. The highest BCUT2D eigenvalue weighted by molar-refractivity contribution is 5.78. The van der Waals surface area contributed by atoms with Crippen molar-refractivity contribution < 1.29 is 9.84 Å². The molecule has 0 aliphatic heterocycles. The molecule has 5 heteroatoms. The third kappa shape index (κ3) is 1.93. The van der Waals surface area contributed by atoms with Gasteiger partial charge in [-0.05, 0) is 43.2 Å². The number of methoxy groups -OCH3 is 1. The topological polar surface area (TPSA) is 60.2 Å². The standard InChI is InChI=1S/C16H15N3O2/c1-21-14-7-4-10(9-13(14)20)15-18-12-3-2-8-17-16(12)19(15)11-5-6-11/h2-4,7-9,11,20H,5-6H2,1H3. The minimum absolute atomic E-state index is 0.123. The lowest BCUT2D eigenvalue weighted by atomic mass is 10.2. The predicted octanol–water partition coefficient (Wildman–Crippen LogP) is 3.15. The van der Waals surface area contributed by atoms with Gasteiger partial charge in [0.1, 0.15) is 11.3 Å². The first-order valence-corrected chi connectivity index (χ1v) is 6.98. The maximum absolute atomic E-state index is 9.99. The lowest BCUT2D eigenvalue weighted by molar-refractivity contribution is 0.373. The molecule has 5 nitrogen and oxygen atoms in total. The van der Waals surface area contributed by atoms with E-state index in [1.165, 1.54) is 7.11 Å². The summed E-state index contributed by atoms with van der Waals surface area (Å²) in [5, 5.41) is 9.99. The Kier molecular flexibility index (Phi) is 2.60. The van der Waals surface area contributed by atoms with Crippen molar-refractivity contribution in [1.82, 2.24) is 14.5 Å². The van der Waals surface area contributed by atoms with Gasteiger partial charge in [0.25, 0.3) is 0 Å². The molecule has 0 amide bonds. The highest BCUT2D eigenvalue weighted by Crippen LogP contribution is 2.41. The zero-order valence-corrected chi connectivity index (χ0v) is 11.7. The van der Waals surface area contributed by atoms with Crippen LogP contribution in [0.4, 0.5) is 0 Å². The first-order chi connectivity index (χ1) is 10.3. The smallest absolute Gasteiger partial charge is 0.160 e. The summed E-state index contributed by atoms with van der Waals surface area (Å²) in [4.78, 5) is 9.15. The van der Waals surface area contributed by atoms with Crippen molar-refractivity contribution in [2.45, 2.75) is 18.9 Å². The molecule has 3 aromatic rings. The molecule has 2 aromatic heterocycles. The van der Waals surface area contributed by atoms with E-state index in [2.05, 4.69) is 14.5 Å². The number of ether oxygens (including phenoxy) is 1. The minimum atomic E-state index is 0.123. The van der Waals surface area contributed by atoms with Crippen molar-refractivity contribution in [2.75, 3.05) is 7.11 Å². The third-order valence-electron chi connectivity index (χ3n) is 3.80. The molecule has 21 heavy (non-hydrogen) atoms.